The summed E-state index contributed by atoms with van der Waals surface area (Å²) >= 11 is 3.51. The molecule has 1 N–H and O–H groups in total. The number of hydrazone groups is 1. The zero-order valence-corrected chi connectivity index (χ0v) is 12.3. The monoisotopic (exact) mass is 318 g/mol. The maximum atomic E-state index is 13.4. The van der Waals surface area contributed by atoms with E-state index in [1.807, 2.05) is 20.8 Å². The molecule has 0 atom stereocenters. The summed E-state index contributed by atoms with van der Waals surface area (Å²) in [5, 5.41) is 4.08. The average molecular weight is 319 g/mol. The summed E-state index contributed by atoms with van der Waals surface area (Å²) in [5.74, 6) is -0.320. The topological polar surface area (TPSA) is 24.4 Å². The van der Waals surface area contributed by atoms with Gasteiger partial charge in [0.1, 0.15) is 13.7 Å². The van der Waals surface area contributed by atoms with Crippen molar-refractivity contribution < 1.29 is 4.39 Å². The minimum Gasteiger partial charge on any atom is -0.276 e. The SMILES string of the molecule is Bc1cc(C)cc(Br)c1/C=N/Nc1ccccc1F. The van der Waals surface area contributed by atoms with E-state index in [-0.39, 0.29) is 5.82 Å². The van der Waals surface area contributed by atoms with Gasteiger partial charge in [0.05, 0.1) is 11.9 Å². The summed E-state index contributed by atoms with van der Waals surface area (Å²) in [6, 6.07) is 10.5. The van der Waals surface area contributed by atoms with E-state index < -0.39 is 0 Å². The van der Waals surface area contributed by atoms with E-state index in [0.29, 0.717) is 5.69 Å². The number of hydrogen-bond donors (Lipinski definition) is 1. The van der Waals surface area contributed by atoms with Crippen LogP contribution < -0.4 is 10.9 Å². The van der Waals surface area contributed by atoms with Gasteiger partial charge in [-0.2, -0.15) is 5.10 Å². The molecule has 0 spiro atoms. The van der Waals surface area contributed by atoms with Crippen LogP contribution in [-0.4, -0.2) is 14.1 Å². The lowest BCUT2D eigenvalue weighted by Crippen LogP contribution is -2.12. The number of para-hydroxylation sites is 1. The number of rotatable bonds is 3. The molecule has 0 radical (unpaired) electrons. The highest BCUT2D eigenvalue weighted by molar-refractivity contribution is 9.10. The van der Waals surface area contributed by atoms with Crippen molar-refractivity contribution in [2.75, 3.05) is 5.43 Å². The van der Waals surface area contributed by atoms with Crippen molar-refractivity contribution in [3.05, 3.63) is 57.8 Å². The molecular weight excluding hydrogens is 306 g/mol. The molecule has 2 aromatic carbocycles. The van der Waals surface area contributed by atoms with Crippen LogP contribution in [0.1, 0.15) is 11.1 Å². The number of halogens is 2. The van der Waals surface area contributed by atoms with Gasteiger partial charge >= 0.3 is 0 Å². The number of hydrogen-bond acceptors (Lipinski definition) is 2. The first-order chi connectivity index (χ1) is 9.08. The van der Waals surface area contributed by atoms with Gasteiger partial charge in [0.15, 0.2) is 0 Å². The highest BCUT2D eigenvalue weighted by Crippen LogP contribution is 2.15. The average Bonchev–Trinajstić information content (AvgIpc) is 2.34. The Morgan fingerprint density at radius 3 is 2.74 bits per heavy atom. The van der Waals surface area contributed by atoms with E-state index in [4.69, 9.17) is 0 Å². The molecule has 96 valence electrons. The van der Waals surface area contributed by atoms with Gasteiger partial charge in [-0.05, 0) is 25.1 Å². The Balaban J connectivity index is 2.18. The van der Waals surface area contributed by atoms with Gasteiger partial charge in [-0.25, -0.2) is 4.39 Å². The lowest BCUT2D eigenvalue weighted by Gasteiger charge is -2.06. The van der Waals surface area contributed by atoms with Crippen molar-refractivity contribution >= 4 is 41.1 Å². The first-order valence-electron chi connectivity index (χ1n) is 5.88. The van der Waals surface area contributed by atoms with Gasteiger partial charge in [0, 0.05) is 10.0 Å². The molecule has 2 aromatic rings. The normalized spacial score (nSPS) is 10.9. The molecule has 0 bridgehead atoms. The summed E-state index contributed by atoms with van der Waals surface area (Å²) in [7, 11) is 2.02. The molecule has 2 rings (SSSR count). The molecule has 0 aliphatic carbocycles. The third kappa shape index (κ3) is 3.44. The number of anilines is 1. The third-order valence-corrected chi connectivity index (χ3v) is 3.39. The lowest BCUT2D eigenvalue weighted by molar-refractivity contribution is 0.631. The van der Waals surface area contributed by atoms with Crippen LogP contribution in [-0.2, 0) is 0 Å². The zero-order valence-electron chi connectivity index (χ0n) is 10.7. The van der Waals surface area contributed by atoms with Crippen molar-refractivity contribution in [3.63, 3.8) is 0 Å². The van der Waals surface area contributed by atoms with Gasteiger partial charge in [-0.1, -0.05) is 45.2 Å². The smallest absolute Gasteiger partial charge is 0.148 e. The standard InChI is InChI=1S/C14H13BBrFN2/c1-9-6-11(15)10(12(16)7-9)8-18-19-14-5-3-2-4-13(14)17/h2-8,19H,15H2,1H3/b18-8+. The molecule has 5 heteroatoms. The van der Waals surface area contributed by atoms with Gasteiger partial charge in [0.2, 0.25) is 0 Å². The minimum atomic E-state index is -0.320. The van der Waals surface area contributed by atoms with Crippen LogP contribution in [0.4, 0.5) is 10.1 Å². The molecule has 0 unspecified atom stereocenters. The number of nitrogens with one attached hydrogen (secondary N) is 1. The van der Waals surface area contributed by atoms with Gasteiger partial charge in [-0.3, -0.25) is 5.43 Å². The Morgan fingerprint density at radius 2 is 2.05 bits per heavy atom. The first-order valence-corrected chi connectivity index (χ1v) is 6.67. The van der Waals surface area contributed by atoms with Crippen molar-refractivity contribution in [2.24, 2.45) is 5.10 Å². The van der Waals surface area contributed by atoms with Gasteiger partial charge in [-0.15, -0.1) is 0 Å². The summed E-state index contributed by atoms with van der Waals surface area (Å²) in [5.41, 5.74) is 6.35. The lowest BCUT2D eigenvalue weighted by atomic mass is 9.89. The van der Waals surface area contributed by atoms with E-state index in [1.54, 1.807) is 24.4 Å². The molecule has 2 nitrogen and oxygen atoms in total. The Kier molecular flexibility index (Phi) is 4.37. The summed E-state index contributed by atoms with van der Waals surface area (Å²) in [6.07, 6.45) is 1.69. The highest BCUT2D eigenvalue weighted by Gasteiger charge is 2.02. The molecule has 0 aliphatic heterocycles. The Morgan fingerprint density at radius 1 is 1.32 bits per heavy atom. The predicted octanol–water partition coefficient (Wildman–Crippen LogP) is 2.60. The van der Waals surface area contributed by atoms with Gasteiger partial charge in [0.25, 0.3) is 0 Å². The zero-order chi connectivity index (χ0) is 13.8. The molecular formula is C14H13BBrFN2. The second-order valence-corrected chi connectivity index (χ2v) is 5.18. The van der Waals surface area contributed by atoms with Gasteiger partial charge < -0.3 is 0 Å². The number of benzene rings is 2. The fourth-order valence-corrected chi connectivity index (χ4v) is 2.58. The van der Waals surface area contributed by atoms with Crippen molar-refractivity contribution in [1.29, 1.82) is 0 Å². The van der Waals surface area contributed by atoms with Crippen molar-refractivity contribution in [1.82, 2.24) is 0 Å². The quantitative estimate of drug-likeness (QED) is 0.525. The summed E-state index contributed by atoms with van der Waals surface area (Å²) < 4.78 is 14.4. The van der Waals surface area contributed by atoms with Crippen LogP contribution in [0.2, 0.25) is 0 Å². The fourth-order valence-electron chi connectivity index (χ4n) is 1.81. The van der Waals surface area contributed by atoms with Crippen LogP contribution >= 0.6 is 15.9 Å². The Bertz CT molecular complexity index is 606. The fraction of sp³-hybridized carbons (Fsp3) is 0.0714. The van der Waals surface area contributed by atoms with Crippen LogP contribution in [0.25, 0.3) is 0 Å². The maximum absolute atomic E-state index is 13.4. The van der Waals surface area contributed by atoms with E-state index in [1.165, 1.54) is 11.6 Å². The summed E-state index contributed by atoms with van der Waals surface area (Å²) in [6.45, 7) is 2.04. The Hall–Kier alpha value is -1.62. The van der Waals surface area contributed by atoms with Crippen molar-refractivity contribution in [2.45, 2.75) is 6.92 Å². The third-order valence-electron chi connectivity index (χ3n) is 2.73. The largest absolute Gasteiger partial charge is 0.276 e. The summed E-state index contributed by atoms with van der Waals surface area (Å²) in [4.78, 5) is 0. The number of aryl methyl sites for hydroxylation is 1. The Labute approximate surface area is 121 Å². The van der Waals surface area contributed by atoms with Crippen LogP contribution in [0, 0.1) is 12.7 Å². The molecule has 0 aliphatic rings. The minimum absolute atomic E-state index is 0.320. The predicted molar refractivity (Wildman–Crippen MR) is 84.7 cm³/mol. The molecule has 0 saturated heterocycles. The van der Waals surface area contributed by atoms with Crippen LogP contribution in [0.3, 0.4) is 0 Å². The number of nitrogens with zero attached hydrogens (tertiary/aromatic N) is 1. The molecule has 0 heterocycles. The second-order valence-electron chi connectivity index (χ2n) is 4.33. The van der Waals surface area contributed by atoms with Crippen LogP contribution in [0.5, 0.6) is 0 Å². The van der Waals surface area contributed by atoms with Crippen LogP contribution in [0.15, 0.2) is 46.0 Å². The maximum Gasteiger partial charge on any atom is 0.148 e. The van der Waals surface area contributed by atoms with E-state index >= 15 is 0 Å². The highest BCUT2D eigenvalue weighted by atomic mass is 79.9. The molecule has 0 saturated carbocycles. The first kappa shape index (κ1) is 13.8. The van der Waals surface area contributed by atoms with E-state index in [2.05, 4.69) is 32.5 Å². The second kappa shape index (κ2) is 6.02. The molecule has 0 fully saturated rings. The molecule has 0 amide bonds. The van der Waals surface area contributed by atoms with E-state index in [9.17, 15) is 4.39 Å². The van der Waals surface area contributed by atoms with E-state index in [0.717, 1.165) is 15.5 Å². The molecule has 0 aromatic heterocycles. The van der Waals surface area contributed by atoms with Crippen molar-refractivity contribution in [3.8, 4) is 0 Å². The molecule has 19 heavy (non-hydrogen) atoms.